The summed E-state index contributed by atoms with van der Waals surface area (Å²) in [5, 5.41) is 18.4. The standard InChI is InChI=1S/C6H10O4/c7-3-1-5-9-2-4(10-5)6(3)8/h3-8H,1-2H2/t3-,4-,5?,6+/m1/s1. The fourth-order valence-corrected chi connectivity index (χ4v) is 1.36. The molecule has 0 radical (unpaired) electrons. The predicted molar refractivity (Wildman–Crippen MR) is 31.2 cm³/mol. The average molecular weight is 146 g/mol. The van der Waals surface area contributed by atoms with Gasteiger partial charge in [-0.15, -0.1) is 0 Å². The van der Waals surface area contributed by atoms with E-state index in [9.17, 15) is 5.11 Å². The van der Waals surface area contributed by atoms with Crippen molar-refractivity contribution in [1.29, 1.82) is 0 Å². The molecular weight excluding hydrogens is 136 g/mol. The zero-order valence-corrected chi connectivity index (χ0v) is 5.43. The van der Waals surface area contributed by atoms with Gasteiger partial charge in [0.05, 0.1) is 12.7 Å². The second-order valence-corrected chi connectivity index (χ2v) is 2.73. The van der Waals surface area contributed by atoms with Gasteiger partial charge in [-0.3, -0.25) is 0 Å². The Morgan fingerprint density at radius 1 is 1.30 bits per heavy atom. The van der Waals surface area contributed by atoms with Crippen molar-refractivity contribution in [3.63, 3.8) is 0 Å². The first-order chi connectivity index (χ1) is 4.77. The SMILES string of the molecule is O[C@H]1[C@H](O)CC2OC[C@H]1O2. The molecule has 2 heterocycles. The molecule has 4 heteroatoms. The highest BCUT2D eigenvalue weighted by Crippen LogP contribution is 2.26. The maximum atomic E-state index is 9.21. The third-order valence-corrected chi connectivity index (χ3v) is 1.98. The van der Waals surface area contributed by atoms with E-state index in [1.165, 1.54) is 0 Å². The third-order valence-electron chi connectivity index (χ3n) is 1.98. The molecule has 0 aromatic carbocycles. The zero-order chi connectivity index (χ0) is 7.14. The van der Waals surface area contributed by atoms with Gasteiger partial charge in [-0.2, -0.15) is 0 Å². The van der Waals surface area contributed by atoms with Crippen LogP contribution in [0.3, 0.4) is 0 Å². The lowest BCUT2D eigenvalue weighted by molar-refractivity contribution is -0.165. The number of aliphatic hydroxyl groups excluding tert-OH is 2. The van der Waals surface area contributed by atoms with E-state index >= 15 is 0 Å². The van der Waals surface area contributed by atoms with Crippen LogP contribution in [0.15, 0.2) is 0 Å². The van der Waals surface area contributed by atoms with E-state index in [4.69, 9.17) is 14.6 Å². The molecule has 0 spiro atoms. The van der Waals surface area contributed by atoms with Crippen molar-refractivity contribution in [2.75, 3.05) is 6.61 Å². The van der Waals surface area contributed by atoms with Crippen LogP contribution in [0.1, 0.15) is 6.42 Å². The van der Waals surface area contributed by atoms with Gasteiger partial charge < -0.3 is 19.7 Å². The first-order valence-corrected chi connectivity index (χ1v) is 3.40. The fourth-order valence-electron chi connectivity index (χ4n) is 1.36. The molecule has 2 rings (SSSR count). The lowest BCUT2D eigenvalue weighted by Gasteiger charge is -2.27. The van der Waals surface area contributed by atoms with E-state index < -0.39 is 12.2 Å². The van der Waals surface area contributed by atoms with Crippen molar-refractivity contribution in [2.24, 2.45) is 0 Å². The Morgan fingerprint density at radius 3 is 2.90 bits per heavy atom. The van der Waals surface area contributed by atoms with E-state index in [2.05, 4.69) is 0 Å². The molecule has 2 fully saturated rings. The molecule has 0 aliphatic carbocycles. The minimum absolute atomic E-state index is 0.289. The molecule has 2 saturated heterocycles. The van der Waals surface area contributed by atoms with Crippen molar-refractivity contribution >= 4 is 0 Å². The molecule has 2 bridgehead atoms. The van der Waals surface area contributed by atoms with Gasteiger partial charge in [0.15, 0.2) is 6.29 Å². The third kappa shape index (κ3) is 0.845. The van der Waals surface area contributed by atoms with Crippen molar-refractivity contribution in [3.05, 3.63) is 0 Å². The molecule has 2 N–H and O–H groups in total. The van der Waals surface area contributed by atoms with Gasteiger partial charge in [-0.25, -0.2) is 0 Å². The second kappa shape index (κ2) is 2.17. The Hall–Kier alpha value is -0.160. The molecular formula is C6H10O4. The number of rotatable bonds is 0. The molecule has 4 nitrogen and oxygen atoms in total. The number of aliphatic hydroxyl groups is 2. The number of hydrogen-bond donors (Lipinski definition) is 2. The van der Waals surface area contributed by atoms with Crippen LogP contribution >= 0.6 is 0 Å². The van der Waals surface area contributed by atoms with E-state index in [0.717, 1.165) is 0 Å². The highest BCUT2D eigenvalue weighted by Gasteiger charge is 2.42. The Kier molecular flexibility index (Phi) is 1.42. The first-order valence-electron chi connectivity index (χ1n) is 3.40. The van der Waals surface area contributed by atoms with Gasteiger partial charge in [0.2, 0.25) is 0 Å². The Balaban J connectivity index is 2.09. The summed E-state index contributed by atoms with van der Waals surface area (Å²) in [4.78, 5) is 0. The fraction of sp³-hybridized carbons (Fsp3) is 1.00. The summed E-state index contributed by atoms with van der Waals surface area (Å²) in [6.07, 6.45) is -1.65. The quantitative estimate of drug-likeness (QED) is 0.453. The predicted octanol–water partition coefficient (Wildman–Crippen LogP) is -1.15. The second-order valence-electron chi connectivity index (χ2n) is 2.73. The smallest absolute Gasteiger partial charge is 0.160 e. The molecule has 0 amide bonds. The van der Waals surface area contributed by atoms with E-state index in [1.54, 1.807) is 0 Å². The maximum Gasteiger partial charge on any atom is 0.160 e. The molecule has 0 saturated carbocycles. The molecule has 0 aromatic rings. The Bertz CT molecular complexity index is 138. The summed E-state index contributed by atoms with van der Waals surface area (Å²) in [5.41, 5.74) is 0. The highest BCUT2D eigenvalue weighted by molar-refractivity contribution is 4.86. The molecule has 1 unspecified atom stereocenters. The van der Waals surface area contributed by atoms with Crippen LogP contribution in [0.4, 0.5) is 0 Å². The topological polar surface area (TPSA) is 58.9 Å². The van der Waals surface area contributed by atoms with Gasteiger partial charge in [-0.1, -0.05) is 0 Å². The van der Waals surface area contributed by atoms with Crippen molar-refractivity contribution in [1.82, 2.24) is 0 Å². The van der Waals surface area contributed by atoms with Crippen LogP contribution in [-0.4, -0.2) is 41.4 Å². The summed E-state index contributed by atoms with van der Waals surface area (Å²) in [6, 6.07) is 0. The Labute approximate surface area is 58.4 Å². The first kappa shape index (κ1) is 6.54. The number of ether oxygens (including phenoxy) is 2. The maximum absolute atomic E-state index is 9.21. The zero-order valence-electron chi connectivity index (χ0n) is 5.43. The lowest BCUT2D eigenvalue weighted by atomic mass is 10.0. The molecule has 58 valence electrons. The van der Waals surface area contributed by atoms with Gasteiger partial charge in [-0.05, 0) is 0 Å². The van der Waals surface area contributed by atoms with Crippen molar-refractivity contribution in [2.45, 2.75) is 31.0 Å². The van der Waals surface area contributed by atoms with E-state index in [-0.39, 0.29) is 12.4 Å². The van der Waals surface area contributed by atoms with Gasteiger partial charge >= 0.3 is 0 Å². The monoisotopic (exact) mass is 146 g/mol. The van der Waals surface area contributed by atoms with Crippen LogP contribution in [0.5, 0.6) is 0 Å². The van der Waals surface area contributed by atoms with Crippen LogP contribution in [0.2, 0.25) is 0 Å². The minimum Gasteiger partial charge on any atom is -0.390 e. The summed E-state index contributed by atoms with van der Waals surface area (Å²) >= 11 is 0. The Morgan fingerprint density at radius 2 is 2.10 bits per heavy atom. The molecule has 2 aliphatic rings. The largest absolute Gasteiger partial charge is 0.390 e. The number of hydrogen-bond acceptors (Lipinski definition) is 4. The van der Waals surface area contributed by atoms with E-state index in [1.807, 2.05) is 0 Å². The molecule has 0 aromatic heterocycles. The summed E-state index contributed by atoms with van der Waals surface area (Å²) in [7, 11) is 0. The summed E-state index contributed by atoms with van der Waals surface area (Å²) in [6.45, 7) is 0.406. The van der Waals surface area contributed by atoms with Crippen LogP contribution in [-0.2, 0) is 9.47 Å². The van der Waals surface area contributed by atoms with Gasteiger partial charge in [0.1, 0.15) is 12.2 Å². The van der Waals surface area contributed by atoms with Crippen LogP contribution in [0, 0.1) is 0 Å². The van der Waals surface area contributed by atoms with Crippen LogP contribution < -0.4 is 0 Å². The average Bonchev–Trinajstić information content (AvgIpc) is 2.29. The molecule has 10 heavy (non-hydrogen) atoms. The normalized spacial score (nSPS) is 53.4. The van der Waals surface area contributed by atoms with E-state index in [0.29, 0.717) is 13.0 Å². The van der Waals surface area contributed by atoms with Gasteiger partial charge in [0.25, 0.3) is 0 Å². The van der Waals surface area contributed by atoms with Crippen LogP contribution in [0.25, 0.3) is 0 Å². The highest BCUT2D eigenvalue weighted by atomic mass is 16.7. The lowest BCUT2D eigenvalue weighted by Crippen LogP contribution is -2.44. The van der Waals surface area contributed by atoms with Gasteiger partial charge in [0, 0.05) is 6.42 Å². The molecule has 2 aliphatic heterocycles. The van der Waals surface area contributed by atoms with Crippen molar-refractivity contribution in [3.8, 4) is 0 Å². The summed E-state index contributed by atoms with van der Waals surface area (Å²) < 4.78 is 10.2. The summed E-state index contributed by atoms with van der Waals surface area (Å²) in [5.74, 6) is 0. The van der Waals surface area contributed by atoms with Crippen molar-refractivity contribution < 1.29 is 19.7 Å². The minimum atomic E-state index is -0.765. The molecule has 4 atom stereocenters. The number of fused-ring (bicyclic) bond motifs is 2.